The SMILES string of the molecule is CCCCC/C=C/CC/C=C/CC/C=C/C(O)C(COC1OC(CO)C(OC2OC(CO)C(O)C(O)C2O)C(O)C1O)NC(=O)CCCCCCCCCCCCCCCCCCCCCCCCC/C=C\C/C=C\CCCCCCC. The molecule has 1 amide bonds. The van der Waals surface area contributed by atoms with Crippen LogP contribution in [0.1, 0.15) is 271 Å². The van der Waals surface area contributed by atoms with Crippen molar-refractivity contribution in [2.75, 3.05) is 19.8 Å². The van der Waals surface area contributed by atoms with Gasteiger partial charge >= 0.3 is 0 Å². The van der Waals surface area contributed by atoms with Gasteiger partial charge in [0.25, 0.3) is 0 Å². The Morgan fingerprint density at radius 2 is 0.817 bits per heavy atom. The van der Waals surface area contributed by atoms with Crippen LogP contribution in [0.5, 0.6) is 0 Å². The van der Waals surface area contributed by atoms with Crippen molar-refractivity contribution in [2.45, 2.75) is 344 Å². The maximum Gasteiger partial charge on any atom is 0.220 e. The number of carbonyl (C=O) groups is 1. The minimum absolute atomic E-state index is 0.252. The van der Waals surface area contributed by atoms with E-state index in [1.165, 1.54) is 186 Å². The van der Waals surface area contributed by atoms with Gasteiger partial charge in [0.05, 0.1) is 32.0 Å². The fraction of sp³-hybridized carbons (Fsp3) is 0.838. The van der Waals surface area contributed by atoms with Crippen LogP contribution in [0.2, 0.25) is 0 Å². The highest BCUT2D eigenvalue weighted by Gasteiger charge is 2.51. The van der Waals surface area contributed by atoms with E-state index in [1.807, 2.05) is 6.08 Å². The molecular formula is C68H123NO13. The molecule has 0 aromatic heterocycles. The number of allylic oxidation sites excluding steroid dienone is 9. The molecule has 82 heavy (non-hydrogen) atoms. The highest BCUT2D eigenvalue weighted by molar-refractivity contribution is 5.76. The van der Waals surface area contributed by atoms with Crippen LogP contribution in [0, 0.1) is 0 Å². The topological polar surface area (TPSA) is 228 Å². The van der Waals surface area contributed by atoms with Gasteiger partial charge in [-0.3, -0.25) is 4.79 Å². The predicted octanol–water partition coefficient (Wildman–Crippen LogP) is 12.9. The van der Waals surface area contributed by atoms with Gasteiger partial charge in [-0.15, -0.1) is 0 Å². The molecule has 0 radical (unpaired) electrons. The Labute approximate surface area is 498 Å². The number of carbonyl (C=O) groups excluding carboxylic acids is 1. The van der Waals surface area contributed by atoms with Crippen molar-refractivity contribution in [2.24, 2.45) is 0 Å². The lowest BCUT2D eigenvalue weighted by Crippen LogP contribution is -2.65. The standard InChI is InChI=1S/C68H123NO13/c1-3-5-7-9-11-13-15-17-18-19-20-21-22-23-24-25-26-27-28-29-30-31-32-33-34-35-36-37-38-40-42-44-46-48-50-52-60(73)69-56(57(72)51-49-47-45-43-41-39-16-14-12-10-8-6-4-2)55-79-67-65(78)63(76)66(59(54-71)81-67)82-68-64(77)62(75)61(74)58(53-70)80-68/h12,14-15,17,19-20,41,43,49,51,56-59,61-68,70-72,74-78H,3-11,13,16,18,21-40,42,44-48,50,52-55H2,1-2H3,(H,69,73)/b14-12+,17-15-,20-19-,43-41+,51-49+. The lowest BCUT2D eigenvalue weighted by atomic mass is 9.97. The first-order chi connectivity index (χ1) is 40.1. The molecule has 2 saturated heterocycles. The van der Waals surface area contributed by atoms with Crippen molar-refractivity contribution >= 4 is 5.91 Å². The summed E-state index contributed by atoms with van der Waals surface area (Å²) in [5, 5.41) is 87.1. The molecule has 14 heteroatoms. The molecule has 0 spiro atoms. The van der Waals surface area contributed by atoms with Crippen LogP contribution >= 0.6 is 0 Å². The highest BCUT2D eigenvalue weighted by Crippen LogP contribution is 2.30. The maximum atomic E-state index is 13.3. The van der Waals surface area contributed by atoms with E-state index < -0.39 is 86.8 Å². The summed E-state index contributed by atoms with van der Waals surface area (Å²) < 4.78 is 22.8. The van der Waals surface area contributed by atoms with E-state index in [0.717, 1.165) is 51.4 Å². The molecule has 478 valence electrons. The fourth-order valence-electron chi connectivity index (χ4n) is 10.8. The third-order valence-corrected chi connectivity index (χ3v) is 16.2. The van der Waals surface area contributed by atoms with Gasteiger partial charge < -0.3 is 65.1 Å². The molecule has 2 aliphatic rings. The van der Waals surface area contributed by atoms with Gasteiger partial charge in [-0.1, -0.05) is 248 Å². The van der Waals surface area contributed by atoms with E-state index in [4.69, 9.17) is 18.9 Å². The number of hydrogen-bond donors (Lipinski definition) is 9. The molecule has 0 saturated carbocycles. The molecule has 9 N–H and O–H groups in total. The third-order valence-electron chi connectivity index (χ3n) is 16.2. The Hall–Kier alpha value is -2.31. The lowest BCUT2D eigenvalue weighted by molar-refractivity contribution is -0.359. The first kappa shape index (κ1) is 75.8. The van der Waals surface area contributed by atoms with Crippen LogP contribution in [-0.4, -0.2) is 140 Å². The van der Waals surface area contributed by atoms with E-state index in [-0.39, 0.29) is 18.9 Å². The largest absolute Gasteiger partial charge is 0.394 e. The zero-order chi connectivity index (χ0) is 59.5. The summed E-state index contributed by atoms with van der Waals surface area (Å²) in [5.41, 5.74) is 0. The minimum atomic E-state index is -1.79. The first-order valence-electron chi connectivity index (χ1n) is 33.5. The van der Waals surface area contributed by atoms with Gasteiger partial charge in [0.1, 0.15) is 48.8 Å². The van der Waals surface area contributed by atoms with Crippen molar-refractivity contribution in [3.63, 3.8) is 0 Å². The second-order valence-corrected chi connectivity index (χ2v) is 23.6. The van der Waals surface area contributed by atoms with E-state index in [0.29, 0.717) is 12.8 Å². The Balaban J connectivity index is 1.60. The van der Waals surface area contributed by atoms with Crippen LogP contribution in [0.3, 0.4) is 0 Å². The molecule has 2 rings (SSSR count). The Kier molecular flexibility index (Phi) is 49.0. The van der Waals surface area contributed by atoms with Crippen LogP contribution in [0.4, 0.5) is 0 Å². The van der Waals surface area contributed by atoms with Gasteiger partial charge in [0.15, 0.2) is 12.6 Å². The van der Waals surface area contributed by atoms with Gasteiger partial charge in [-0.2, -0.15) is 0 Å². The van der Waals surface area contributed by atoms with Crippen LogP contribution in [0.15, 0.2) is 60.8 Å². The fourth-order valence-corrected chi connectivity index (χ4v) is 10.8. The predicted molar refractivity (Wildman–Crippen MR) is 332 cm³/mol. The quantitative estimate of drug-likeness (QED) is 0.0204. The molecule has 2 aliphatic heterocycles. The normalized spacial score (nSPS) is 24.3. The van der Waals surface area contributed by atoms with E-state index in [9.17, 15) is 45.6 Å². The summed E-state index contributed by atoms with van der Waals surface area (Å²) in [6.07, 6.45) is 53.0. The molecule has 12 atom stereocenters. The Morgan fingerprint density at radius 3 is 1.29 bits per heavy atom. The minimum Gasteiger partial charge on any atom is -0.394 e. The molecule has 0 aliphatic carbocycles. The van der Waals surface area contributed by atoms with Gasteiger partial charge in [0, 0.05) is 6.42 Å². The number of unbranched alkanes of at least 4 members (excludes halogenated alkanes) is 33. The monoisotopic (exact) mass is 1160 g/mol. The van der Waals surface area contributed by atoms with Crippen molar-refractivity contribution in [1.82, 2.24) is 5.32 Å². The van der Waals surface area contributed by atoms with Crippen LogP contribution in [-0.2, 0) is 23.7 Å². The van der Waals surface area contributed by atoms with Gasteiger partial charge in [0.2, 0.25) is 5.91 Å². The zero-order valence-electron chi connectivity index (χ0n) is 51.7. The molecule has 2 fully saturated rings. The van der Waals surface area contributed by atoms with E-state index in [2.05, 4.69) is 67.8 Å². The highest BCUT2D eigenvalue weighted by atomic mass is 16.7. The van der Waals surface area contributed by atoms with Crippen molar-refractivity contribution in [1.29, 1.82) is 0 Å². The van der Waals surface area contributed by atoms with Gasteiger partial charge in [-0.05, 0) is 77.0 Å². The van der Waals surface area contributed by atoms with Crippen molar-refractivity contribution in [3.8, 4) is 0 Å². The smallest absolute Gasteiger partial charge is 0.220 e. The summed E-state index contributed by atoms with van der Waals surface area (Å²) in [5.74, 6) is -0.252. The number of aliphatic hydroxyl groups excluding tert-OH is 8. The Morgan fingerprint density at radius 1 is 0.439 bits per heavy atom. The second-order valence-electron chi connectivity index (χ2n) is 23.6. The summed E-state index contributed by atoms with van der Waals surface area (Å²) in [7, 11) is 0. The number of nitrogens with one attached hydrogen (secondary N) is 1. The average molecular weight is 1160 g/mol. The van der Waals surface area contributed by atoms with Crippen molar-refractivity contribution in [3.05, 3.63) is 60.8 Å². The molecule has 0 aromatic carbocycles. The molecule has 12 unspecified atom stereocenters. The maximum absolute atomic E-state index is 13.3. The van der Waals surface area contributed by atoms with Crippen LogP contribution < -0.4 is 5.32 Å². The summed E-state index contributed by atoms with van der Waals surface area (Å²) in [4.78, 5) is 13.3. The number of ether oxygens (including phenoxy) is 4. The zero-order valence-corrected chi connectivity index (χ0v) is 51.7. The number of rotatable bonds is 54. The third kappa shape index (κ3) is 37.3. The molecule has 0 aromatic rings. The summed E-state index contributed by atoms with van der Waals surface area (Å²) in [6.45, 7) is 2.74. The molecule has 0 bridgehead atoms. The van der Waals surface area contributed by atoms with Crippen LogP contribution in [0.25, 0.3) is 0 Å². The molecule has 14 nitrogen and oxygen atoms in total. The average Bonchev–Trinajstić information content (AvgIpc) is 3.67. The van der Waals surface area contributed by atoms with Gasteiger partial charge in [-0.25, -0.2) is 0 Å². The number of aliphatic hydroxyl groups is 8. The Bertz CT molecular complexity index is 1610. The molecular weight excluding hydrogens is 1040 g/mol. The number of hydrogen-bond acceptors (Lipinski definition) is 13. The molecule has 2 heterocycles. The lowest BCUT2D eigenvalue weighted by Gasteiger charge is -2.46. The number of amides is 1. The summed E-state index contributed by atoms with van der Waals surface area (Å²) >= 11 is 0. The van der Waals surface area contributed by atoms with E-state index in [1.54, 1.807) is 6.08 Å². The van der Waals surface area contributed by atoms with E-state index >= 15 is 0 Å². The first-order valence-corrected chi connectivity index (χ1v) is 33.5. The second kappa shape index (κ2) is 53.0. The van der Waals surface area contributed by atoms with Crippen molar-refractivity contribution < 1.29 is 64.6 Å². The summed E-state index contributed by atoms with van der Waals surface area (Å²) in [6, 6.07) is -0.937.